The van der Waals surface area contributed by atoms with Crippen LogP contribution in [0.4, 0.5) is 0 Å². The van der Waals surface area contributed by atoms with Crippen molar-refractivity contribution in [3.8, 4) is 11.5 Å². The van der Waals surface area contributed by atoms with Crippen LogP contribution >= 0.6 is 0 Å². The molecule has 1 fully saturated rings. The number of carbonyl (C=O) groups excluding carboxylic acids is 2. The molecule has 7 heteroatoms. The predicted octanol–water partition coefficient (Wildman–Crippen LogP) is 1.31. The highest BCUT2D eigenvalue weighted by Crippen LogP contribution is 2.32. The first-order chi connectivity index (χ1) is 12.1. The van der Waals surface area contributed by atoms with E-state index in [1.54, 1.807) is 4.90 Å². The van der Waals surface area contributed by atoms with Crippen molar-refractivity contribution < 1.29 is 23.8 Å². The Balaban J connectivity index is 1.49. The largest absolute Gasteiger partial charge is 0.454 e. The van der Waals surface area contributed by atoms with E-state index in [1.807, 2.05) is 18.2 Å². The summed E-state index contributed by atoms with van der Waals surface area (Å²) in [5.41, 5.74) is 0.968. The van der Waals surface area contributed by atoms with Crippen LogP contribution in [0.5, 0.6) is 11.5 Å². The van der Waals surface area contributed by atoms with Crippen molar-refractivity contribution in [2.75, 3.05) is 33.1 Å². The molecule has 7 nitrogen and oxygen atoms in total. The molecule has 1 aromatic rings. The number of nitrogens with zero attached hydrogens (tertiary/aromatic N) is 1. The highest BCUT2D eigenvalue weighted by molar-refractivity contribution is 5.78. The lowest BCUT2D eigenvalue weighted by Gasteiger charge is -2.24. The molecule has 0 aliphatic carbocycles. The number of amides is 2. The van der Waals surface area contributed by atoms with E-state index in [4.69, 9.17) is 14.2 Å². The number of ether oxygens (including phenoxy) is 3. The third-order valence-electron chi connectivity index (χ3n) is 4.53. The minimum absolute atomic E-state index is 0.0217. The lowest BCUT2D eigenvalue weighted by molar-refractivity contribution is -0.131. The molecule has 0 saturated carbocycles. The maximum atomic E-state index is 12.1. The number of carbonyl (C=O) groups is 2. The smallest absolute Gasteiger partial charge is 0.231 e. The Bertz CT molecular complexity index is 628. The van der Waals surface area contributed by atoms with Gasteiger partial charge in [-0.25, -0.2) is 0 Å². The van der Waals surface area contributed by atoms with E-state index in [-0.39, 0.29) is 24.5 Å². The van der Waals surface area contributed by atoms with E-state index >= 15 is 0 Å². The Labute approximate surface area is 147 Å². The third kappa shape index (κ3) is 4.63. The van der Waals surface area contributed by atoms with Crippen molar-refractivity contribution >= 4 is 11.8 Å². The van der Waals surface area contributed by atoms with E-state index in [0.29, 0.717) is 38.6 Å². The van der Waals surface area contributed by atoms with E-state index in [1.165, 1.54) is 6.92 Å². The average molecular weight is 348 g/mol. The molecule has 2 aliphatic rings. The molecule has 1 saturated heterocycles. The number of benzene rings is 1. The summed E-state index contributed by atoms with van der Waals surface area (Å²) in [5, 5.41) is 2.93. The normalized spacial score (nSPS) is 16.5. The number of hydrogen-bond acceptors (Lipinski definition) is 5. The molecule has 0 radical (unpaired) electrons. The zero-order valence-electron chi connectivity index (χ0n) is 14.5. The van der Waals surface area contributed by atoms with Gasteiger partial charge in [0.05, 0.1) is 0 Å². The van der Waals surface area contributed by atoms with Gasteiger partial charge in [0, 0.05) is 45.7 Å². The maximum Gasteiger partial charge on any atom is 0.231 e. The lowest BCUT2D eigenvalue weighted by Crippen LogP contribution is -2.40. The Morgan fingerprint density at radius 2 is 1.96 bits per heavy atom. The second kappa shape index (κ2) is 8.20. The second-order valence-electron chi connectivity index (χ2n) is 6.31. The van der Waals surface area contributed by atoms with Gasteiger partial charge >= 0.3 is 0 Å². The minimum atomic E-state index is -0.0296. The highest BCUT2D eigenvalue weighted by Gasteiger charge is 2.21. The van der Waals surface area contributed by atoms with Gasteiger partial charge in [0.1, 0.15) is 0 Å². The summed E-state index contributed by atoms with van der Waals surface area (Å²) in [7, 11) is 0. The molecule has 0 aromatic heterocycles. The van der Waals surface area contributed by atoms with E-state index in [0.717, 1.165) is 24.2 Å². The van der Waals surface area contributed by atoms with E-state index < -0.39 is 0 Å². The second-order valence-corrected chi connectivity index (χ2v) is 6.31. The molecule has 1 aromatic carbocycles. The molecule has 2 heterocycles. The molecule has 3 rings (SSSR count). The van der Waals surface area contributed by atoms with Crippen LogP contribution in [0.15, 0.2) is 18.2 Å². The van der Waals surface area contributed by atoms with Crippen LogP contribution in [0, 0.1) is 5.92 Å². The fourth-order valence-corrected chi connectivity index (χ4v) is 3.03. The first-order valence-corrected chi connectivity index (χ1v) is 8.63. The van der Waals surface area contributed by atoms with Crippen LogP contribution in [-0.4, -0.2) is 49.8 Å². The molecule has 25 heavy (non-hydrogen) atoms. The van der Waals surface area contributed by atoms with Crippen LogP contribution in [0.25, 0.3) is 0 Å². The predicted molar refractivity (Wildman–Crippen MR) is 90.2 cm³/mol. The molecule has 0 unspecified atom stereocenters. The summed E-state index contributed by atoms with van der Waals surface area (Å²) in [4.78, 5) is 25.7. The van der Waals surface area contributed by atoms with Gasteiger partial charge in [0.2, 0.25) is 18.6 Å². The van der Waals surface area contributed by atoms with Crippen LogP contribution in [0.3, 0.4) is 0 Å². The topological polar surface area (TPSA) is 77.1 Å². The number of hydrogen-bond donors (Lipinski definition) is 1. The Morgan fingerprint density at radius 3 is 2.72 bits per heavy atom. The molecule has 0 atom stereocenters. The summed E-state index contributed by atoms with van der Waals surface area (Å²) in [5.74, 6) is 1.47. The van der Waals surface area contributed by atoms with Crippen molar-refractivity contribution in [2.24, 2.45) is 5.92 Å². The van der Waals surface area contributed by atoms with Crippen molar-refractivity contribution in [3.05, 3.63) is 23.8 Å². The molecule has 2 amide bonds. The molecule has 0 bridgehead atoms. The van der Waals surface area contributed by atoms with Gasteiger partial charge in [0.15, 0.2) is 11.5 Å². The number of rotatable bonds is 6. The first-order valence-electron chi connectivity index (χ1n) is 8.63. The molecule has 2 aliphatic heterocycles. The Morgan fingerprint density at radius 1 is 1.20 bits per heavy atom. The highest BCUT2D eigenvalue weighted by atomic mass is 16.7. The maximum absolute atomic E-state index is 12.1. The SMILES string of the molecule is CC(=O)N(CCNC(=O)C1CCOCC1)Cc1ccc2c(c1)OCO2. The summed E-state index contributed by atoms with van der Waals surface area (Å²) >= 11 is 0. The zero-order chi connectivity index (χ0) is 17.6. The van der Waals surface area contributed by atoms with Gasteiger partial charge in [-0.05, 0) is 30.5 Å². The van der Waals surface area contributed by atoms with Crippen LogP contribution < -0.4 is 14.8 Å². The molecule has 136 valence electrons. The van der Waals surface area contributed by atoms with Gasteiger partial charge in [-0.2, -0.15) is 0 Å². The van der Waals surface area contributed by atoms with Crippen LogP contribution in [0.2, 0.25) is 0 Å². The van der Waals surface area contributed by atoms with Gasteiger partial charge < -0.3 is 24.4 Å². The van der Waals surface area contributed by atoms with Crippen molar-refractivity contribution in [3.63, 3.8) is 0 Å². The van der Waals surface area contributed by atoms with E-state index in [9.17, 15) is 9.59 Å². The molecule has 1 N–H and O–H groups in total. The van der Waals surface area contributed by atoms with Crippen LogP contribution in [0.1, 0.15) is 25.3 Å². The van der Waals surface area contributed by atoms with Crippen molar-refractivity contribution in [1.29, 1.82) is 0 Å². The van der Waals surface area contributed by atoms with Crippen molar-refractivity contribution in [2.45, 2.75) is 26.3 Å². The van der Waals surface area contributed by atoms with Gasteiger partial charge in [-0.15, -0.1) is 0 Å². The summed E-state index contributed by atoms with van der Waals surface area (Å²) < 4.78 is 15.9. The number of fused-ring (bicyclic) bond motifs is 1. The van der Waals surface area contributed by atoms with Gasteiger partial charge in [0.25, 0.3) is 0 Å². The quantitative estimate of drug-likeness (QED) is 0.839. The van der Waals surface area contributed by atoms with Gasteiger partial charge in [-0.3, -0.25) is 9.59 Å². The standard InChI is InChI=1S/C18H24N2O5/c1-13(21)20(7-6-19-18(22)15-4-8-23-9-5-15)11-14-2-3-16-17(10-14)25-12-24-16/h2-3,10,15H,4-9,11-12H2,1H3,(H,19,22). The molecular formula is C18H24N2O5. The monoisotopic (exact) mass is 348 g/mol. The summed E-state index contributed by atoms with van der Waals surface area (Å²) in [6.45, 7) is 4.43. The lowest BCUT2D eigenvalue weighted by atomic mass is 9.99. The zero-order valence-corrected chi connectivity index (χ0v) is 14.5. The minimum Gasteiger partial charge on any atom is -0.454 e. The fourth-order valence-electron chi connectivity index (χ4n) is 3.03. The first kappa shape index (κ1) is 17.5. The Kier molecular flexibility index (Phi) is 5.75. The Hall–Kier alpha value is -2.28. The average Bonchev–Trinajstić information content (AvgIpc) is 3.09. The number of nitrogens with one attached hydrogen (secondary N) is 1. The molecule has 0 spiro atoms. The van der Waals surface area contributed by atoms with E-state index in [2.05, 4.69) is 5.32 Å². The third-order valence-corrected chi connectivity index (χ3v) is 4.53. The summed E-state index contributed by atoms with van der Waals surface area (Å²) in [6, 6.07) is 5.66. The summed E-state index contributed by atoms with van der Waals surface area (Å²) in [6.07, 6.45) is 1.53. The van der Waals surface area contributed by atoms with Crippen molar-refractivity contribution in [1.82, 2.24) is 10.2 Å². The fraction of sp³-hybridized carbons (Fsp3) is 0.556. The van der Waals surface area contributed by atoms with Gasteiger partial charge in [-0.1, -0.05) is 6.07 Å². The molecular weight excluding hydrogens is 324 g/mol. The van der Waals surface area contributed by atoms with Crippen LogP contribution in [-0.2, 0) is 20.9 Å².